The summed E-state index contributed by atoms with van der Waals surface area (Å²) in [4.78, 5) is 0. The molecule has 0 bridgehead atoms. The molecule has 0 unspecified atom stereocenters. The van der Waals surface area contributed by atoms with Crippen molar-refractivity contribution in [2.75, 3.05) is 0 Å². The Morgan fingerprint density at radius 2 is 1.83 bits per heavy atom. The first-order chi connectivity index (χ1) is 8.59. The van der Waals surface area contributed by atoms with Crippen LogP contribution in [0.5, 0.6) is 0 Å². The van der Waals surface area contributed by atoms with Gasteiger partial charge >= 0.3 is 5.69 Å². The molecule has 4 N–H and O–H groups in total. The minimum atomic E-state index is -0.237. The van der Waals surface area contributed by atoms with Crippen LogP contribution < -0.4 is 20.9 Å². The predicted molar refractivity (Wildman–Crippen MR) is 65.3 cm³/mol. The number of fused-ring (bicyclic) bond motifs is 1. The highest BCUT2D eigenvalue weighted by Gasteiger charge is 2.16. The van der Waals surface area contributed by atoms with Gasteiger partial charge in [0, 0.05) is 12.1 Å². The largest absolute Gasteiger partial charge is 0.618 e. The standard InChI is InChI=1S/C10H10N6O2/c11-10(12)14-13-5-7-6-15(17)8-3-1-2-4-9(8)16(7)18/h1-6H,(H4,11,12,14)/b13-5+. The third-order valence-corrected chi connectivity index (χ3v) is 2.19. The highest BCUT2D eigenvalue weighted by atomic mass is 16.5. The number of benzene rings is 1. The molecule has 1 heterocycles. The zero-order valence-corrected chi connectivity index (χ0v) is 9.22. The summed E-state index contributed by atoms with van der Waals surface area (Å²) < 4.78 is 1.16. The summed E-state index contributed by atoms with van der Waals surface area (Å²) in [5.41, 5.74) is 10.7. The highest BCUT2D eigenvalue weighted by molar-refractivity contribution is 5.79. The first-order valence-corrected chi connectivity index (χ1v) is 4.96. The van der Waals surface area contributed by atoms with E-state index in [9.17, 15) is 10.4 Å². The number of hydrogen-bond acceptors (Lipinski definition) is 4. The molecule has 0 fully saturated rings. The fourth-order valence-corrected chi connectivity index (χ4v) is 1.44. The molecule has 0 radical (unpaired) electrons. The van der Waals surface area contributed by atoms with Gasteiger partial charge in [0.25, 0.3) is 17.2 Å². The summed E-state index contributed by atoms with van der Waals surface area (Å²) in [7, 11) is 0. The van der Waals surface area contributed by atoms with E-state index >= 15 is 0 Å². The Hall–Kier alpha value is -2.90. The molecule has 0 saturated carbocycles. The van der Waals surface area contributed by atoms with Gasteiger partial charge in [-0.3, -0.25) is 0 Å². The van der Waals surface area contributed by atoms with Crippen LogP contribution in [0.25, 0.3) is 11.0 Å². The molecule has 0 atom stereocenters. The van der Waals surface area contributed by atoms with Gasteiger partial charge in [-0.1, -0.05) is 12.1 Å². The monoisotopic (exact) mass is 246 g/mol. The smallest absolute Gasteiger partial charge is 0.302 e. The molecular formula is C10H10N6O2. The van der Waals surface area contributed by atoms with Crippen molar-refractivity contribution in [3.63, 3.8) is 0 Å². The lowest BCUT2D eigenvalue weighted by Gasteiger charge is -2.04. The number of hydrogen-bond donors (Lipinski definition) is 2. The van der Waals surface area contributed by atoms with Gasteiger partial charge in [0.1, 0.15) is 6.21 Å². The molecule has 18 heavy (non-hydrogen) atoms. The van der Waals surface area contributed by atoms with Crippen LogP contribution in [-0.4, -0.2) is 12.2 Å². The number of guanidine groups is 1. The van der Waals surface area contributed by atoms with Gasteiger partial charge in [0.2, 0.25) is 5.96 Å². The lowest BCUT2D eigenvalue weighted by molar-refractivity contribution is -0.629. The molecule has 0 aliphatic rings. The van der Waals surface area contributed by atoms with Crippen molar-refractivity contribution in [1.29, 1.82) is 0 Å². The van der Waals surface area contributed by atoms with E-state index < -0.39 is 0 Å². The van der Waals surface area contributed by atoms with E-state index in [2.05, 4.69) is 10.2 Å². The lowest BCUT2D eigenvalue weighted by atomic mass is 10.3. The second-order valence-corrected chi connectivity index (χ2v) is 3.43. The number of aromatic nitrogens is 2. The molecule has 2 rings (SSSR count). The number of para-hydroxylation sites is 2. The van der Waals surface area contributed by atoms with E-state index in [0.29, 0.717) is 9.46 Å². The Balaban J connectivity index is 2.56. The Morgan fingerprint density at radius 1 is 1.17 bits per heavy atom. The second-order valence-electron chi connectivity index (χ2n) is 3.43. The fourth-order valence-electron chi connectivity index (χ4n) is 1.44. The summed E-state index contributed by atoms with van der Waals surface area (Å²) in [5, 5.41) is 30.4. The van der Waals surface area contributed by atoms with Crippen LogP contribution in [0, 0.1) is 10.4 Å². The Bertz CT molecular complexity index is 648. The summed E-state index contributed by atoms with van der Waals surface area (Å²) in [6.45, 7) is 0. The van der Waals surface area contributed by atoms with E-state index in [1.54, 1.807) is 18.2 Å². The van der Waals surface area contributed by atoms with Crippen molar-refractivity contribution in [2.45, 2.75) is 0 Å². The van der Waals surface area contributed by atoms with Crippen molar-refractivity contribution < 1.29 is 9.46 Å². The quantitative estimate of drug-likeness (QED) is 0.224. The van der Waals surface area contributed by atoms with Gasteiger partial charge in [0.05, 0.1) is 0 Å². The first-order valence-electron chi connectivity index (χ1n) is 4.96. The summed E-state index contributed by atoms with van der Waals surface area (Å²) in [5.74, 6) is -0.237. The highest BCUT2D eigenvalue weighted by Crippen LogP contribution is 2.04. The average molecular weight is 246 g/mol. The maximum Gasteiger partial charge on any atom is 0.302 e. The van der Waals surface area contributed by atoms with Crippen LogP contribution in [-0.2, 0) is 0 Å². The maximum absolute atomic E-state index is 11.9. The SMILES string of the molecule is NC(N)=N/N=C/c1c[n+]([O-])c2ccccc2[n+]1[O-]. The molecule has 0 aliphatic heterocycles. The average Bonchev–Trinajstić information content (AvgIpc) is 2.35. The third kappa shape index (κ3) is 2.12. The molecule has 0 amide bonds. The van der Waals surface area contributed by atoms with Crippen molar-refractivity contribution in [3.05, 3.63) is 46.6 Å². The molecule has 8 heteroatoms. The zero-order valence-electron chi connectivity index (χ0n) is 9.22. The second kappa shape index (κ2) is 4.53. The van der Waals surface area contributed by atoms with Crippen LogP contribution >= 0.6 is 0 Å². The topological polar surface area (TPSA) is 131 Å². The molecule has 92 valence electrons. The van der Waals surface area contributed by atoms with E-state index in [0.717, 1.165) is 12.4 Å². The molecule has 1 aromatic carbocycles. The number of nitrogens with zero attached hydrogens (tertiary/aromatic N) is 4. The van der Waals surface area contributed by atoms with E-state index in [4.69, 9.17) is 11.5 Å². The van der Waals surface area contributed by atoms with E-state index in [1.807, 2.05) is 0 Å². The Morgan fingerprint density at radius 3 is 2.50 bits per heavy atom. The van der Waals surface area contributed by atoms with Crippen molar-refractivity contribution in [2.24, 2.45) is 21.7 Å². The minimum absolute atomic E-state index is 0.0358. The molecule has 8 nitrogen and oxygen atoms in total. The fraction of sp³-hybridized carbons (Fsp3) is 0. The summed E-state index contributed by atoms with van der Waals surface area (Å²) in [6.07, 6.45) is 2.20. The maximum atomic E-state index is 11.9. The van der Waals surface area contributed by atoms with Crippen LogP contribution in [0.1, 0.15) is 5.69 Å². The van der Waals surface area contributed by atoms with E-state index in [-0.39, 0.29) is 22.7 Å². The molecule has 0 spiro atoms. The van der Waals surface area contributed by atoms with Crippen molar-refractivity contribution >= 4 is 23.2 Å². The van der Waals surface area contributed by atoms with Crippen LogP contribution in [0.15, 0.2) is 40.7 Å². The van der Waals surface area contributed by atoms with Crippen LogP contribution in [0.2, 0.25) is 0 Å². The first kappa shape index (κ1) is 11.6. The molecule has 2 aromatic rings. The van der Waals surface area contributed by atoms with Gasteiger partial charge in [-0.15, -0.1) is 10.2 Å². The minimum Gasteiger partial charge on any atom is -0.618 e. The molecule has 0 aliphatic carbocycles. The van der Waals surface area contributed by atoms with Gasteiger partial charge in [-0.25, -0.2) is 0 Å². The van der Waals surface area contributed by atoms with Crippen LogP contribution in [0.4, 0.5) is 0 Å². The molecule has 1 aromatic heterocycles. The van der Waals surface area contributed by atoms with Crippen molar-refractivity contribution in [1.82, 2.24) is 0 Å². The third-order valence-electron chi connectivity index (χ3n) is 2.19. The van der Waals surface area contributed by atoms with Gasteiger partial charge in [-0.2, -0.15) is 9.46 Å². The van der Waals surface area contributed by atoms with Gasteiger partial charge in [-0.05, 0) is 0 Å². The number of nitrogens with two attached hydrogens (primary N) is 2. The van der Waals surface area contributed by atoms with Gasteiger partial charge in [0.15, 0.2) is 0 Å². The van der Waals surface area contributed by atoms with Gasteiger partial charge < -0.3 is 21.9 Å². The lowest BCUT2D eigenvalue weighted by Crippen LogP contribution is -2.41. The van der Waals surface area contributed by atoms with E-state index in [1.165, 1.54) is 6.07 Å². The molecular weight excluding hydrogens is 236 g/mol. The van der Waals surface area contributed by atoms with Crippen molar-refractivity contribution in [3.8, 4) is 0 Å². The summed E-state index contributed by atoms with van der Waals surface area (Å²) >= 11 is 0. The summed E-state index contributed by atoms with van der Waals surface area (Å²) in [6, 6.07) is 6.42. The predicted octanol–water partition coefficient (Wildman–Crippen LogP) is -1.29. The normalized spacial score (nSPS) is 10.9. The zero-order chi connectivity index (χ0) is 13.1. The molecule has 0 saturated heterocycles. The van der Waals surface area contributed by atoms with Crippen LogP contribution in [0.3, 0.4) is 0 Å². The number of rotatable bonds is 2. The Kier molecular flexibility index (Phi) is 2.92. The Labute approximate surface area is 102 Å².